The van der Waals surface area contributed by atoms with E-state index in [2.05, 4.69) is 38.5 Å². The third-order valence-electron chi connectivity index (χ3n) is 6.08. The molecule has 0 spiro atoms. The summed E-state index contributed by atoms with van der Waals surface area (Å²) in [4.78, 5) is 7.28. The Labute approximate surface area is 179 Å². The molecule has 4 nitrogen and oxygen atoms in total. The van der Waals surface area contributed by atoms with Crippen LogP contribution in [0.5, 0.6) is 0 Å². The van der Waals surface area contributed by atoms with Crippen LogP contribution in [0.3, 0.4) is 0 Å². The smallest absolute Gasteiger partial charge is 0.191 e. The average Bonchev–Trinajstić information content (AvgIpc) is 3.29. The molecule has 1 aliphatic heterocycles. The molecular formula is C18H35IN4S2. The minimum atomic E-state index is 0. The molecule has 3 aliphatic rings. The van der Waals surface area contributed by atoms with Crippen molar-refractivity contribution in [3.63, 3.8) is 0 Å². The van der Waals surface area contributed by atoms with Gasteiger partial charge < -0.3 is 10.6 Å². The van der Waals surface area contributed by atoms with Crippen LogP contribution in [0.2, 0.25) is 0 Å². The van der Waals surface area contributed by atoms with Crippen molar-refractivity contribution in [1.29, 1.82) is 0 Å². The predicted molar refractivity (Wildman–Crippen MR) is 125 cm³/mol. The molecule has 7 heteroatoms. The van der Waals surface area contributed by atoms with Gasteiger partial charge in [-0.1, -0.05) is 12.8 Å². The third kappa shape index (κ3) is 5.82. The number of aliphatic imine (C=N–C) groups is 1. The van der Waals surface area contributed by atoms with E-state index in [1.54, 1.807) is 0 Å². The first kappa shape index (κ1) is 22.0. The van der Waals surface area contributed by atoms with Gasteiger partial charge in [-0.3, -0.25) is 9.89 Å². The Morgan fingerprint density at radius 2 is 1.96 bits per heavy atom. The zero-order valence-corrected chi connectivity index (χ0v) is 19.7. The van der Waals surface area contributed by atoms with Crippen LogP contribution >= 0.6 is 47.5 Å². The Hall–Kier alpha value is 0.660. The maximum Gasteiger partial charge on any atom is 0.191 e. The number of halogens is 1. The van der Waals surface area contributed by atoms with Gasteiger partial charge in [0.15, 0.2) is 5.96 Å². The Balaban J connectivity index is 0.00000225. The second-order valence-corrected chi connectivity index (χ2v) is 9.83. The highest BCUT2D eigenvalue weighted by Gasteiger charge is 2.40. The second-order valence-electron chi connectivity index (χ2n) is 7.47. The van der Waals surface area contributed by atoms with E-state index in [9.17, 15) is 0 Å². The van der Waals surface area contributed by atoms with Crippen LogP contribution in [-0.2, 0) is 0 Å². The van der Waals surface area contributed by atoms with Gasteiger partial charge in [0.2, 0.25) is 0 Å². The average molecular weight is 499 g/mol. The minimum absolute atomic E-state index is 0. The number of hydrogen-bond donors (Lipinski definition) is 2. The molecule has 146 valence electrons. The van der Waals surface area contributed by atoms with Crippen molar-refractivity contribution in [3.8, 4) is 0 Å². The van der Waals surface area contributed by atoms with E-state index in [-0.39, 0.29) is 24.0 Å². The maximum atomic E-state index is 4.50. The molecule has 2 aliphatic carbocycles. The van der Waals surface area contributed by atoms with E-state index in [1.807, 2.05) is 18.8 Å². The van der Waals surface area contributed by atoms with Gasteiger partial charge in [0.05, 0.1) is 0 Å². The molecule has 0 amide bonds. The van der Waals surface area contributed by atoms with Crippen molar-refractivity contribution in [2.24, 2.45) is 4.99 Å². The zero-order chi connectivity index (χ0) is 16.8. The van der Waals surface area contributed by atoms with Crippen molar-refractivity contribution in [1.82, 2.24) is 15.5 Å². The van der Waals surface area contributed by atoms with Crippen LogP contribution in [0.15, 0.2) is 4.99 Å². The lowest BCUT2D eigenvalue weighted by Crippen LogP contribution is -2.58. The molecule has 2 atom stereocenters. The molecule has 0 bridgehead atoms. The molecule has 0 aromatic heterocycles. The molecule has 3 rings (SSSR count). The number of nitrogens with zero attached hydrogens (tertiary/aromatic N) is 2. The summed E-state index contributed by atoms with van der Waals surface area (Å²) in [6, 6.07) is 0.597. The molecule has 0 aromatic rings. The molecule has 1 heterocycles. The van der Waals surface area contributed by atoms with Gasteiger partial charge in [-0.2, -0.15) is 23.5 Å². The second kappa shape index (κ2) is 10.9. The molecular weight excluding hydrogens is 463 g/mol. The first-order valence-electron chi connectivity index (χ1n) is 9.58. The summed E-state index contributed by atoms with van der Waals surface area (Å²) in [6.07, 6.45) is 11.6. The van der Waals surface area contributed by atoms with Gasteiger partial charge in [0.1, 0.15) is 0 Å². The summed E-state index contributed by atoms with van der Waals surface area (Å²) in [5.41, 5.74) is 0.371. The van der Waals surface area contributed by atoms with Crippen LogP contribution in [0.25, 0.3) is 0 Å². The first-order valence-corrected chi connectivity index (χ1v) is 12.0. The fraction of sp³-hybridized carbons (Fsp3) is 0.944. The lowest BCUT2D eigenvalue weighted by Gasteiger charge is -2.43. The largest absolute Gasteiger partial charge is 0.355 e. The zero-order valence-electron chi connectivity index (χ0n) is 15.8. The number of thioether (sulfide) groups is 2. The number of nitrogens with one attached hydrogen (secondary N) is 2. The number of hydrogen-bond acceptors (Lipinski definition) is 4. The van der Waals surface area contributed by atoms with Crippen molar-refractivity contribution in [2.75, 3.05) is 44.4 Å². The SMILES string of the molecule is CN=C(NCC1(N2CCSCC2)CCCC1)NC1CCC(SC)C1.I. The minimum Gasteiger partial charge on any atom is -0.355 e. The van der Waals surface area contributed by atoms with Crippen LogP contribution in [-0.4, -0.2) is 72.1 Å². The molecule has 0 radical (unpaired) electrons. The van der Waals surface area contributed by atoms with Gasteiger partial charge in [-0.15, -0.1) is 24.0 Å². The van der Waals surface area contributed by atoms with E-state index >= 15 is 0 Å². The Kier molecular flexibility index (Phi) is 9.53. The summed E-state index contributed by atoms with van der Waals surface area (Å²) in [6.45, 7) is 3.57. The summed E-state index contributed by atoms with van der Waals surface area (Å²) in [5.74, 6) is 3.61. The van der Waals surface area contributed by atoms with Crippen LogP contribution in [0, 0.1) is 0 Å². The van der Waals surface area contributed by atoms with Crippen molar-refractivity contribution >= 4 is 53.5 Å². The molecule has 3 fully saturated rings. The molecule has 2 unspecified atom stereocenters. The van der Waals surface area contributed by atoms with E-state index in [1.165, 1.54) is 69.5 Å². The van der Waals surface area contributed by atoms with E-state index < -0.39 is 0 Å². The lowest BCUT2D eigenvalue weighted by molar-refractivity contribution is 0.107. The monoisotopic (exact) mass is 498 g/mol. The van der Waals surface area contributed by atoms with Gasteiger partial charge in [0.25, 0.3) is 0 Å². The maximum absolute atomic E-state index is 4.50. The van der Waals surface area contributed by atoms with Gasteiger partial charge >= 0.3 is 0 Å². The van der Waals surface area contributed by atoms with E-state index in [4.69, 9.17) is 0 Å². The van der Waals surface area contributed by atoms with Gasteiger partial charge in [0, 0.05) is 55.0 Å². The van der Waals surface area contributed by atoms with E-state index in [0.29, 0.717) is 11.6 Å². The van der Waals surface area contributed by atoms with Crippen molar-refractivity contribution < 1.29 is 0 Å². The third-order valence-corrected chi connectivity index (χ3v) is 8.12. The van der Waals surface area contributed by atoms with E-state index in [0.717, 1.165) is 17.8 Å². The van der Waals surface area contributed by atoms with Crippen LogP contribution in [0.4, 0.5) is 0 Å². The van der Waals surface area contributed by atoms with Crippen molar-refractivity contribution in [3.05, 3.63) is 0 Å². The predicted octanol–water partition coefficient (Wildman–Crippen LogP) is 3.42. The Bertz CT molecular complexity index is 423. The highest BCUT2D eigenvalue weighted by atomic mass is 127. The molecule has 0 aromatic carbocycles. The molecule has 2 N–H and O–H groups in total. The summed E-state index contributed by atoms with van der Waals surface area (Å²) < 4.78 is 0. The normalized spacial score (nSPS) is 30.1. The fourth-order valence-electron chi connectivity index (χ4n) is 4.60. The van der Waals surface area contributed by atoms with Crippen LogP contribution in [0.1, 0.15) is 44.9 Å². The Morgan fingerprint density at radius 3 is 2.56 bits per heavy atom. The topological polar surface area (TPSA) is 39.7 Å². The van der Waals surface area contributed by atoms with Gasteiger partial charge in [-0.05, 0) is 38.4 Å². The number of rotatable bonds is 5. The summed E-state index contributed by atoms with van der Waals surface area (Å²) in [5, 5.41) is 8.20. The first-order chi connectivity index (χ1) is 11.8. The lowest BCUT2D eigenvalue weighted by atomic mass is 9.94. The fourth-order valence-corrected chi connectivity index (χ4v) is 6.30. The van der Waals surface area contributed by atoms with Crippen molar-refractivity contribution in [2.45, 2.75) is 61.8 Å². The molecule has 2 saturated carbocycles. The van der Waals surface area contributed by atoms with Gasteiger partial charge in [-0.25, -0.2) is 0 Å². The summed E-state index contributed by atoms with van der Waals surface area (Å²) >= 11 is 4.12. The standard InChI is InChI=1S/C18H34N4S2.HI/c1-19-17(21-15-5-6-16(13-15)23-2)20-14-18(7-3-4-8-18)22-9-11-24-12-10-22;/h15-16H,3-14H2,1-2H3,(H2,19,20,21);1H. The number of guanidine groups is 1. The Morgan fingerprint density at radius 1 is 1.24 bits per heavy atom. The highest BCUT2D eigenvalue weighted by Crippen LogP contribution is 2.36. The quantitative estimate of drug-likeness (QED) is 0.346. The van der Waals surface area contributed by atoms with Crippen LogP contribution < -0.4 is 10.6 Å². The molecule has 25 heavy (non-hydrogen) atoms. The highest BCUT2D eigenvalue weighted by molar-refractivity contribution is 14.0. The molecule has 1 saturated heterocycles. The summed E-state index contributed by atoms with van der Waals surface area (Å²) in [7, 11) is 1.91.